The summed E-state index contributed by atoms with van der Waals surface area (Å²) in [6.45, 7) is 10.8. The van der Waals surface area contributed by atoms with Crippen molar-refractivity contribution in [2.45, 2.75) is 129 Å². The highest BCUT2D eigenvalue weighted by Crippen LogP contribution is 2.70. The van der Waals surface area contributed by atoms with Gasteiger partial charge in [-0.2, -0.15) is 0 Å². The zero-order valence-corrected chi connectivity index (χ0v) is 39.0. The van der Waals surface area contributed by atoms with E-state index in [9.17, 15) is 48.3 Å². The van der Waals surface area contributed by atoms with Crippen molar-refractivity contribution < 1.29 is 86.1 Å². The number of aliphatic hydroxyl groups is 1. The maximum Gasteiger partial charge on any atom is 0.340 e. The smallest absolute Gasteiger partial charge is 0.340 e. The van der Waals surface area contributed by atoms with E-state index in [4.69, 9.17) is 42.6 Å². The van der Waals surface area contributed by atoms with E-state index in [2.05, 4.69) is 4.98 Å². The van der Waals surface area contributed by atoms with Gasteiger partial charge in [-0.1, -0.05) is 34.6 Å². The Kier molecular flexibility index (Phi) is 13.8. The van der Waals surface area contributed by atoms with Gasteiger partial charge >= 0.3 is 47.8 Å². The van der Waals surface area contributed by atoms with Crippen LogP contribution in [0, 0.1) is 29.1 Å². The summed E-state index contributed by atoms with van der Waals surface area (Å²) in [5.41, 5.74) is -11.4. The maximum absolute atomic E-state index is 14.6. The van der Waals surface area contributed by atoms with Crippen molar-refractivity contribution in [3.8, 4) is 0 Å². The van der Waals surface area contributed by atoms with Crippen molar-refractivity contribution in [3.05, 3.63) is 63.8 Å². The van der Waals surface area contributed by atoms with Crippen LogP contribution in [-0.2, 0) is 84.9 Å². The van der Waals surface area contributed by atoms with Gasteiger partial charge in [0.05, 0.1) is 40.5 Å². The second-order valence-corrected chi connectivity index (χ2v) is 18.5. The van der Waals surface area contributed by atoms with E-state index >= 15 is 0 Å². The van der Waals surface area contributed by atoms with Crippen LogP contribution in [0.5, 0.6) is 0 Å². The van der Waals surface area contributed by atoms with E-state index in [0.29, 0.717) is 0 Å². The number of aryl methyl sites for hydroxylation is 1. The van der Waals surface area contributed by atoms with Gasteiger partial charge in [0, 0.05) is 52.7 Å². The molecule has 4 aliphatic rings. The Labute approximate surface area is 385 Å². The molecule has 0 radical (unpaired) electrons. The fourth-order valence-corrected chi connectivity index (χ4v) is 9.95. The van der Waals surface area contributed by atoms with E-state index in [0.717, 1.165) is 50.6 Å². The van der Waals surface area contributed by atoms with E-state index in [1.54, 1.807) is 0 Å². The van der Waals surface area contributed by atoms with Crippen molar-refractivity contribution in [2.75, 3.05) is 13.2 Å². The van der Waals surface area contributed by atoms with Crippen LogP contribution in [0.15, 0.2) is 41.5 Å². The average molecular weight is 941 g/mol. The lowest BCUT2D eigenvalue weighted by Crippen LogP contribution is -2.89. The third-order valence-electron chi connectivity index (χ3n) is 12.9. The summed E-state index contributed by atoms with van der Waals surface area (Å²) < 4.78 is 57.4. The molecule has 0 aromatic carbocycles. The van der Waals surface area contributed by atoms with Crippen LogP contribution in [0.2, 0.25) is 0 Å². The molecule has 21 nitrogen and oxygen atoms in total. The number of hydrogen-bond donors (Lipinski definition) is 1. The number of aromatic nitrogens is 2. The van der Waals surface area contributed by atoms with Crippen LogP contribution < -0.4 is 5.56 Å². The van der Waals surface area contributed by atoms with Gasteiger partial charge in [0.15, 0.2) is 30.0 Å². The summed E-state index contributed by atoms with van der Waals surface area (Å²) in [5.74, 6) is -13.0. The number of fused-ring (bicyclic) bond motifs is 5. The fraction of sp³-hybridized carbons (Fsp3) is 0.609. The van der Waals surface area contributed by atoms with Crippen molar-refractivity contribution in [1.82, 2.24) is 9.55 Å². The quantitative estimate of drug-likeness (QED) is 0.262. The molecule has 2 aromatic heterocycles. The van der Waals surface area contributed by atoms with Crippen molar-refractivity contribution in [1.29, 1.82) is 0 Å². The van der Waals surface area contributed by atoms with Crippen LogP contribution in [0.4, 0.5) is 0 Å². The minimum absolute atomic E-state index is 0.0693. The second-order valence-electron chi connectivity index (χ2n) is 18.5. The lowest BCUT2D eigenvalue weighted by Gasteiger charge is -2.67. The lowest BCUT2D eigenvalue weighted by atomic mass is 9.45. The molecule has 67 heavy (non-hydrogen) atoms. The summed E-state index contributed by atoms with van der Waals surface area (Å²) in [7, 11) is 1.35. The molecule has 1 spiro atoms. The molecule has 12 atom stereocenters. The molecule has 3 fully saturated rings. The van der Waals surface area contributed by atoms with Crippen LogP contribution >= 0.6 is 0 Å². The first-order chi connectivity index (χ1) is 31.2. The first kappa shape index (κ1) is 50.2. The number of cyclic esters (lactones) is 1. The Hall–Kier alpha value is -6.22. The average Bonchev–Trinajstić information content (AvgIpc) is 3.46. The van der Waals surface area contributed by atoms with Gasteiger partial charge in [-0.15, -0.1) is 0 Å². The van der Waals surface area contributed by atoms with Crippen molar-refractivity contribution in [3.63, 3.8) is 0 Å². The number of esters is 8. The molecular weight excluding hydrogens is 885 g/mol. The Morgan fingerprint density at radius 2 is 1.43 bits per heavy atom. The Balaban J connectivity index is 1.81. The molecule has 0 amide bonds. The third kappa shape index (κ3) is 8.66. The van der Waals surface area contributed by atoms with Gasteiger partial charge in [-0.05, 0) is 32.0 Å². The van der Waals surface area contributed by atoms with Crippen molar-refractivity contribution in [2.24, 2.45) is 36.1 Å². The number of pyridine rings is 2. The number of ether oxygens (including phenoxy) is 9. The normalized spacial score (nSPS) is 33.3. The zero-order valence-electron chi connectivity index (χ0n) is 39.0. The largest absolute Gasteiger partial charge is 0.464 e. The van der Waals surface area contributed by atoms with Crippen LogP contribution in [0.25, 0.3) is 0 Å². The predicted octanol–water partition coefficient (Wildman–Crippen LogP) is 1.74. The summed E-state index contributed by atoms with van der Waals surface area (Å²) in [6.07, 6.45) is -10.4. The predicted molar refractivity (Wildman–Crippen MR) is 224 cm³/mol. The van der Waals surface area contributed by atoms with Crippen LogP contribution in [0.3, 0.4) is 0 Å². The van der Waals surface area contributed by atoms with Gasteiger partial charge in [-0.3, -0.25) is 38.5 Å². The number of rotatable bonds is 10. The molecule has 364 valence electrons. The molecular formula is C46H56N2O19. The molecule has 1 saturated heterocycles. The molecule has 2 aliphatic heterocycles. The number of nitrogens with zero attached hydrogens (tertiary/aromatic N) is 2. The minimum atomic E-state index is -2.94. The highest BCUT2D eigenvalue weighted by atomic mass is 16.7. The monoisotopic (exact) mass is 940 g/mol. The summed E-state index contributed by atoms with van der Waals surface area (Å²) in [4.78, 5) is 129. The minimum Gasteiger partial charge on any atom is -0.464 e. The highest BCUT2D eigenvalue weighted by molar-refractivity contribution is 5.91. The van der Waals surface area contributed by atoms with E-state index in [-0.39, 0.29) is 23.2 Å². The summed E-state index contributed by atoms with van der Waals surface area (Å²) in [5, 5.41) is 13.8. The van der Waals surface area contributed by atoms with E-state index in [1.165, 1.54) is 66.9 Å². The Morgan fingerprint density at radius 1 is 0.836 bits per heavy atom. The fourth-order valence-electron chi connectivity index (χ4n) is 9.95. The number of carbonyl (C=O) groups excluding carboxylic acids is 8. The second kappa shape index (κ2) is 18.5. The summed E-state index contributed by atoms with van der Waals surface area (Å²) in [6, 6.07) is 5.05. The first-order valence-corrected chi connectivity index (χ1v) is 21.7. The molecule has 2 aliphatic carbocycles. The van der Waals surface area contributed by atoms with Crippen LogP contribution in [-0.4, -0.2) is 129 Å². The topological polar surface area (TPSA) is 275 Å². The molecule has 4 heterocycles. The maximum atomic E-state index is 14.6. The molecule has 2 aromatic rings. The van der Waals surface area contributed by atoms with Gasteiger partial charge in [0.1, 0.15) is 42.0 Å². The lowest BCUT2D eigenvalue weighted by molar-refractivity contribution is -0.386. The van der Waals surface area contributed by atoms with Gasteiger partial charge in [-0.25, -0.2) is 9.59 Å². The highest BCUT2D eigenvalue weighted by Gasteiger charge is 2.92. The number of hydrogen-bond acceptors (Lipinski definition) is 20. The zero-order chi connectivity index (χ0) is 49.7. The van der Waals surface area contributed by atoms with Gasteiger partial charge in [0.25, 0.3) is 0 Å². The molecule has 21 heteroatoms. The number of carbonyl (C=O) groups is 8. The molecule has 2 saturated carbocycles. The Morgan fingerprint density at radius 3 is 2.01 bits per heavy atom. The molecule has 0 unspecified atom stereocenters. The Bertz CT molecular complexity index is 2410. The molecule has 4 bridgehead atoms. The third-order valence-corrected chi connectivity index (χ3v) is 12.9. The molecule has 6 rings (SSSR count). The van der Waals surface area contributed by atoms with E-state index < -0.39 is 149 Å². The SMILES string of the molecule is CC(=O)O[C@@H]1[C@H](OC(=O)C(C)C)[C@@H]2[C@@H](OC(C)=O)[C@@]34O[C@@]2(C)COC(=O)c2cccnc2C[C@@H](C)C(=O)O[C@@H]([C@H](OC(=O)c2ccc(=O)n(C)c2)[C@H](OC(C)=O)[C@@]13COC(=O)C(C)C)[C@]4(C)O. The molecule has 1 N–H and O–H groups in total. The summed E-state index contributed by atoms with van der Waals surface area (Å²) >= 11 is 0. The van der Waals surface area contributed by atoms with Gasteiger partial charge in [0.2, 0.25) is 5.56 Å². The van der Waals surface area contributed by atoms with E-state index in [1.807, 2.05) is 0 Å². The standard InChI is InChI=1S/C46H56N2O19/c1-21(2)38(53)60-20-45-36(62-25(7)50)32(64-39(54)22(3)4)31-34(61-24(6)49)46(45)44(10,58)35(33(37(45)63-26(8)51)65-41(56)27-14-15-30(52)48(11)18-27)66-40(55)23(5)17-29-28(13-12-16-47-29)42(57)59-19-43(31,9)67-46/h12-16,18,21-23,31-37,58H,17,19-20H2,1-11H3/t23-,31-,32-,33+,34-,35+,36-,37+,43+,44+,45-,46+/m1/s1. The van der Waals surface area contributed by atoms with Crippen LogP contribution in [0.1, 0.15) is 95.6 Å². The van der Waals surface area contributed by atoms with Gasteiger partial charge < -0.3 is 52.3 Å². The first-order valence-electron chi connectivity index (χ1n) is 21.7. The van der Waals surface area contributed by atoms with Crippen molar-refractivity contribution >= 4 is 47.8 Å².